The molecule has 1 saturated carbocycles. The molecule has 0 radical (unpaired) electrons. The number of amides is 1. The summed E-state index contributed by atoms with van der Waals surface area (Å²) in [5.74, 6) is 1.45. The number of allylic oxidation sites excluding steroid dienone is 2. The van der Waals surface area contributed by atoms with E-state index in [0.717, 1.165) is 25.1 Å². The van der Waals surface area contributed by atoms with Crippen LogP contribution in [0.25, 0.3) is 0 Å². The van der Waals surface area contributed by atoms with Gasteiger partial charge in [0, 0.05) is 12.0 Å². The topological polar surface area (TPSA) is 38.3 Å². The summed E-state index contributed by atoms with van der Waals surface area (Å²) >= 11 is 0. The van der Waals surface area contributed by atoms with Crippen LogP contribution in [0.15, 0.2) is 11.8 Å². The maximum absolute atomic E-state index is 12.0. The number of unbranched alkanes of at least 4 members (excludes halogenated alkanes) is 5. The first kappa shape index (κ1) is 17.4. The van der Waals surface area contributed by atoms with E-state index in [1.807, 2.05) is 0 Å². The molecule has 2 bridgehead atoms. The van der Waals surface area contributed by atoms with Crippen molar-refractivity contribution in [2.75, 3.05) is 6.54 Å². The van der Waals surface area contributed by atoms with Crippen molar-refractivity contribution in [2.45, 2.75) is 79.1 Å². The van der Waals surface area contributed by atoms with Crippen LogP contribution in [0.1, 0.15) is 79.1 Å². The van der Waals surface area contributed by atoms with Crippen molar-refractivity contribution in [1.29, 1.82) is 0 Å². The normalized spacial score (nSPS) is 28.5. The predicted octanol–water partition coefficient (Wildman–Crippen LogP) is 5.41. The van der Waals surface area contributed by atoms with Gasteiger partial charge in [0.2, 0.25) is 0 Å². The van der Waals surface area contributed by atoms with Gasteiger partial charge in [-0.3, -0.25) is 0 Å². The summed E-state index contributed by atoms with van der Waals surface area (Å²) in [5, 5.41) is 2.90. The minimum absolute atomic E-state index is 0.0230. The van der Waals surface area contributed by atoms with Crippen LogP contribution in [0.4, 0.5) is 4.79 Å². The van der Waals surface area contributed by atoms with Crippen LogP contribution in [-0.4, -0.2) is 12.6 Å². The SMILES string of the molecule is CCCCCCCCNC(=O)OC1=CC2CCC1(C)C2(C)C. The molecule has 2 unspecified atom stereocenters. The molecule has 0 aromatic carbocycles. The number of alkyl carbamates (subject to hydrolysis) is 1. The fraction of sp³-hybridized carbons (Fsp3) is 0.842. The first-order valence-electron chi connectivity index (χ1n) is 9.10. The second kappa shape index (κ2) is 7.06. The molecule has 0 aromatic heterocycles. The first-order valence-corrected chi connectivity index (χ1v) is 9.10. The molecular formula is C19H33NO2. The average Bonchev–Trinajstić information content (AvgIpc) is 2.79. The van der Waals surface area contributed by atoms with E-state index in [1.165, 1.54) is 38.5 Å². The van der Waals surface area contributed by atoms with Gasteiger partial charge >= 0.3 is 6.09 Å². The lowest BCUT2D eigenvalue weighted by Gasteiger charge is -2.36. The molecule has 0 aromatic rings. The van der Waals surface area contributed by atoms with E-state index < -0.39 is 0 Å². The van der Waals surface area contributed by atoms with Gasteiger partial charge in [0.25, 0.3) is 0 Å². The Morgan fingerprint density at radius 2 is 1.91 bits per heavy atom. The van der Waals surface area contributed by atoms with Crippen LogP contribution in [0.5, 0.6) is 0 Å². The molecule has 2 rings (SSSR count). The molecule has 1 amide bonds. The Bertz CT molecular complexity index is 427. The molecule has 2 atom stereocenters. The molecule has 0 spiro atoms. The lowest BCUT2D eigenvalue weighted by Crippen LogP contribution is -2.33. The van der Waals surface area contributed by atoms with Gasteiger partial charge in [-0.05, 0) is 36.7 Å². The Labute approximate surface area is 135 Å². The molecule has 0 saturated heterocycles. The third-order valence-corrected chi connectivity index (χ3v) is 6.20. The Balaban J connectivity index is 1.68. The van der Waals surface area contributed by atoms with Gasteiger partial charge in [-0.1, -0.05) is 59.8 Å². The highest BCUT2D eigenvalue weighted by molar-refractivity contribution is 5.68. The highest BCUT2D eigenvalue weighted by Crippen LogP contribution is 2.65. The molecule has 2 aliphatic rings. The summed E-state index contributed by atoms with van der Waals surface area (Å²) in [6.45, 7) is 9.79. The van der Waals surface area contributed by atoms with Gasteiger partial charge in [-0.25, -0.2) is 4.79 Å². The van der Waals surface area contributed by atoms with E-state index in [2.05, 4.69) is 39.1 Å². The van der Waals surface area contributed by atoms with E-state index in [4.69, 9.17) is 4.74 Å². The summed E-state index contributed by atoms with van der Waals surface area (Å²) in [5.41, 5.74) is 0.233. The molecular weight excluding hydrogens is 274 g/mol. The standard InChI is InChI=1S/C19H33NO2/c1-5-6-7-8-9-10-13-20-17(21)22-16-14-15-11-12-19(16,4)18(15,2)3/h14-15H,5-13H2,1-4H3,(H,20,21). The molecule has 0 heterocycles. The quantitative estimate of drug-likeness (QED) is 0.609. The zero-order valence-electron chi connectivity index (χ0n) is 14.8. The van der Waals surface area contributed by atoms with Crippen molar-refractivity contribution in [3.63, 3.8) is 0 Å². The van der Waals surface area contributed by atoms with Crippen molar-refractivity contribution < 1.29 is 9.53 Å². The summed E-state index contributed by atoms with van der Waals surface area (Å²) in [6.07, 6.45) is 11.7. The molecule has 2 aliphatic carbocycles. The number of hydrogen-bond acceptors (Lipinski definition) is 2. The maximum Gasteiger partial charge on any atom is 0.412 e. The average molecular weight is 307 g/mol. The van der Waals surface area contributed by atoms with Gasteiger partial charge < -0.3 is 10.1 Å². The van der Waals surface area contributed by atoms with Gasteiger partial charge in [-0.15, -0.1) is 0 Å². The lowest BCUT2D eigenvalue weighted by atomic mass is 9.70. The predicted molar refractivity (Wildman–Crippen MR) is 90.6 cm³/mol. The minimum Gasteiger partial charge on any atom is -0.415 e. The summed E-state index contributed by atoms with van der Waals surface area (Å²) < 4.78 is 5.64. The van der Waals surface area contributed by atoms with Crippen molar-refractivity contribution >= 4 is 6.09 Å². The van der Waals surface area contributed by atoms with Gasteiger partial charge in [0.05, 0.1) is 0 Å². The number of nitrogens with one attached hydrogen (secondary N) is 1. The van der Waals surface area contributed by atoms with Gasteiger partial charge in [-0.2, -0.15) is 0 Å². The maximum atomic E-state index is 12.0. The van der Waals surface area contributed by atoms with Crippen LogP contribution < -0.4 is 5.32 Å². The smallest absolute Gasteiger partial charge is 0.412 e. The summed E-state index contributed by atoms with van der Waals surface area (Å²) in [4.78, 5) is 12.0. The van der Waals surface area contributed by atoms with Crippen LogP contribution in [0, 0.1) is 16.7 Å². The van der Waals surface area contributed by atoms with Crippen molar-refractivity contribution in [1.82, 2.24) is 5.32 Å². The highest BCUT2D eigenvalue weighted by atomic mass is 16.6. The third-order valence-electron chi connectivity index (χ3n) is 6.20. The number of carbonyl (C=O) groups excluding carboxylic acids is 1. The van der Waals surface area contributed by atoms with E-state index in [1.54, 1.807) is 0 Å². The fourth-order valence-corrected chi connectivity index (χ4v) is 4.01. The van der Waals surface area contributed by atoms with Crippen LogP contribution in [0.3, 0.4) is 0 Å². The van der Waals surface area contributed by atoms with E-state index >= 15 is 0 Å². The second-order valence-corrected chi connectivity index (χ2v) is 7.81. The molecule has 22 heavy (non-hydrogen) atoms. The fourth-order valence-electron chi connectivity index (χ4n) is 4.01. The van der Waals surface area contributed by atoms with Crippen LogP contribution in [0.2, 0.25) is 0 Å². The minimum atomic E-state index is -0.274. The Hall–Kier alpha value is -0.990. The Morgan fingerprint density at radius 3 is 2.50 bits per heavy atom. The van der Waals surface area contributed by atoms with Crippen LogP contribution in [-0.2, 0) is 4.74 Å². The molecule has 126 valence electrons. The van der Waals surface area contributed by atoms with Crippen molar-refractivity contribution in [3.8, 4) is 0 Å². The Morgan fingerprint density at radius 1 is 1.23 bits per heavy atom. The molecule has 1 fully saturated rings. The van der Waals surface area contributed by atoms with Crippen LogP contribution >= 0.6 is 0 Å². The summed E-state index contributed by atoms with van der Waals surface area (Å²) in [6, 6.07) is 0. The van der Waals surface area contributed by atoms with Gasteiger partial charge in [0.15, 0.2) is 0 Å². The summed E-state index contributed by atoms with van der Waals surface area (Å²) in [7, 11) is 0. The Kier molecular flexibility index (Phi) is 5.57. The number of ether oxygens (including phenoxy) is 1. The van der Waals surface area contributed by atoms with Gasteiger partial charge in [0.1, 0.15) is 5.76 Å². The number of fused-ring (bicyclic) bond motifs is 2. The van der Waals surface area contributed by atoms with Crippen molar-refractivity contribution in [2.24, 2.45) is 16.7 Å². The zero-order valence-corrected chi connectivity index (χ0v) is 14.8. The van der Waals surface area contributed by atoms with Crippen molar-refractivity contribution in [3.05, 3.63) is 11.8 Å². The van der Waals surface area contributed by atoms with E-state index in [9.17, 15) is 4.79 Å². The second-order valence-electron chi connectivity index (χ2n) is 7.81. The third kappa shape index (κ3) is 3.33. The number of rotatable bonds is 8. The zero-order chi connectivity index (χ0) is 16.2. The molecule has 1 N–H and O–H groups in total. The molecule has 0 aliphatic heterocycles. The first-order chi connectivity index (χ1) is 10.4. The molecule has 3 heteroatoms. The van der Waals surface area contributed by atoms with E-state index in [0.29, 0.717) is 5.92 Å². The highest BCUT2D eigenvalue weighted by Gasteiger charge is 2.58. The number of carbonyl (C=O) groups is 1. The largest absolute Gasteiger partial charge is 0.415 e. The lowest BCUT2D eigenvalue weighted by molar-refractivity contribution is 0.0991. The van der Waals surface area contributed by atoms with E-state index in [-0.39, 0.29) is 16.9 Å². The number of hydrogen-bond donors (Lipinski definition) is 1. The molecule has 3 nitrogen and oxygen atoms in total. The monoisotopic (exact) mass is 307 g/mol.